The highest BCUT2D eigenvalue weighted by molar-refractivity contribution is 6.51. The predicted molar refractivity (Wildman–Crippen MR) is 124 cm³/mol. The van der Waals surface area contributed by atoms with E-state index in [9.17, 15) is 14.7 Å². The van der Waals surface area contributed by atoms with Crippen molar-refractivity contribution in [1.82, 2.24) is 4.98 Å². The third-order valence-electron chi connectivity index (χ3n) is 5.55. The fourth-order valence-corrected chi connectivity index (χ4v) is 4.08. The number of ketones is 1. The molecule has 0 unspecified atom stereocenters. The Balaban J connectivity index is 1.65. The predicted octanol–water partition coefficient (Wildman–Crippen LogP) is 4.22. The number of pyridine rings is 1. The minimum Gasteiger partial charge on any atom is -0.507 e. The molecular formula is C26H22N2O6. The Labute approximate surface area is 196 Å². The highest BCUT2D eigenvalue weighted by atomic mass is 16.7. The highest BCUT2D eigenvalue weighted by Gasteiger charge is 2.47. The van der Waals surface area contributed by atoms with Crippen LogP contribution in [0.1, 0.15) is 31.0 Å². The zero-order chi connectivity index (χ0) is 23.8. The summed E-state index contributed by atoms with van der Waals surface area (Å²) in [5.74, 6) is 0.143. The van der Waals surface area contributed by atoms with Crippen LogP contribution >= 0.6 is 0 Å². The Kier molecular flexibility index (Phi) is 5.41. The lowest BCUT2D eigenvalue weighted by atomic mass is 9.95. The number of hydrogen-bond acceptors (Lipinski definition) is 7. The average molecular weight is 458 g/mol. The van der Waals surface area contributed by atoms with Gasteiger partial charge in [0.1, 0.15) is 17.3 Å². The Morgan fingerprint density at radius 1 is 1.06 bits per heavy atom. The molecule has 8 heteroatoms. The highest BCUT2D eigenvalue weighted by Crippen LogP contribution is 2.44. The second-order valence-electron chi connectivity index (χ2n) is 8.16. The second-order valence-corrected chi connectivity index (χ2v) is 8.16. The minimum atomic E-state index is -0.906. The molecule has 8 nitrogen and oxygen atoms in total. The van der Waals surface area contributed by atoms with Crippen molar-refractivity contribution in [2.75, 3.05) is 11.7 Å². The molecule has 5 rings (SSSR count). The summed E-state index contributed by atoms with van der Waals surface area (Å²) in [6, 6.07) is 16.1. The first kappa shape index (κ1) is 21.5. The number of rotatable bonds is 5. The number of ether oxygens (including phenoxy) is 3. The second kappa shape index (κ2) is 8.55. The first-order chi connectivity index (χ1) is 16.4. The SMILES string of the molecule is CC(C)Oc1ccc(C(O)=C2C(=O)C(=O)N(c3ccccn3)[C@@H]2c2ccc3c(c2)OCO3)cc1. The lowest BCUT2D eigenvalue weighted by Crippen LogP contribution is -2.30. The van der Waals surface area contributed by atoms with Crippen LogP contribution in [0.5, 0.6) is 17.2 Å². The summed E-state index contributed by atoms with van der Waals surface area (Å²) >= 11 is 0. The van der Waals surface area contributed by atoms with Gasteiger partial charge < -0.3 is 19.3 Å². The van der Waals surface area contributed by atoms with Crippen molar-refractivity contribution in [3.05, 3.63) is 83.6 Å². The zero-order valence-electron chi connectivity index (χ0n) is 18.6. The number of benzene rings is 2. The fourth-order valence-electron chi connectivity index (χ4n) is 4.08. The Morgan fingerprint density at radius 3 is 2.53 bits per heavy atom. The molecule has 1 aromatic heterocycles. The number of carbonyl (C=O) groups is 2. The molecule has 1 saturated heterocycles. The van der Waals surface area contributed by atoms with Crippen LogP contribution in [0.4, 0.5) is 5.82 Å². The topological polar surface area (TPSA) is 98.2 Å². The van der Waals surface area contributed by atoms with Crippen molar-refractivity contribution < 1.29 is 28.9 Å². The molecule has 34 heavy (non-hydrogen) atoms. The summed E-state index contributed by atoms with van der Waals surface area (Å²) in [6.07, 6.45) is 1.54. The summed E-state index contributed by atoms with van der Waals surface area (Å²) in [7, 11) is 0. The summed E-state index contributed by atoms with van der Waals surface area (Å²) in [5.41, 5.74) is 0.934. The number of Topliss-reactive ketones (excluding diaryl/α,β-unsaturated/α-hetero) is 1. The van der Waals surface area contributed by atoms with Crippen molar-refractivity contribution in [2.24, 2.45) is 0 Å². The third kappa shape index (κ3) is 3.73. The molecule has 2 aliphatic heterocycles. The largest absolute Gasteiger partial charge is 0.507 e. The van der Waals surface area contributed by atoms with Crippen molar-refractivity contribution in [2.45, 2.75) is 26.0 Å². The molecule has 2 aromatic carbocycles. The summed E-state index contributed by atoms with van der Waals surface area (Å²) in [4.78, 5) is 31.9. The van der Waals surface area contributed by atoms with E-state index in [4.69, 9.17) is 14.2 Å². The van der Waals surface area contributed by atoms with Crippen LogP contribution in [0.3, 0.4) is 0 Å². The number of aliphatic hydroxyl groups is 1. The molecule has 2 aliphatic rings. The number of fused-ring (bicyclic) bond motifs is 1. The Bertz CT molecular complexity index is 1280. The fraction of sp³-hybridized carbons (Fsp3) is 0.192. The lowest BCUT2D eigenvalue weighted by Gasteiger charge is -2.24. The summed E-state index contributed by atoms with van der Waals surface area (Å²) < 4.78 is 16.6. The van der Waals surface area contributed by atoms with E-state index >= 15 is 0 Å². The molecule has 1 N–H and O–H groups in total. The monoisotopic (exact) mass is 458 g/mol. The van der Waals surface area contributed by atoms with Gasteiger partial charge in [-0.25, -0.2) is 4.98 Å². The smallest absolute Gasteiger partial charge is 0.301 e. The van der Waals surface area contributed by atoms with E-state index in [-0.39, 0.29) is 24.2 Å². The maximum atomic E-state index is 13.2. The zero-order valence-corrected chi connectivity index (χ0v) is 18.6. The van der Waals surface area contributed by atoms with Gasteiger partial charge in [-0.2, -0.15) is 0 Å². The van der Waals surface area contributed by atoms with Gasteiger partial charge >= 0.3 is 5.91 Å². The van der Waals surface area contributed by atoms with Crippen molar-refractivity contribution in [3.63, 3.8) is 0 Å². The number of nitrogens with zero attached hydrogens (tertiary/aromatic N) is 2. The molecule has 3 heterocycles. The van der Waals surface area contributed by atoms with Crippen LogP contribution in [0, 0.1) is 0 Å². The molecule has 172 valence electrons. The van der Waals surface area contributed by atoms with Crippen LogP contribution in [-0.2, 0) is 9.59 Å². The number of anilines is 1. The van der Waals surface area contributed by atoms with E-state index in [0.717, 1.165) is 0 Å². The summed E-state index contributed by atoms with van der Waals surface area (Å²) in [6.45, 7) is 3.92. The first-order valence-corrected chi connectivity index (χ1v) is 10.8. The standard InChI is InChI=1S/C26H22N2O6/c1-15(2)34-18-9-6-16(7-10-18)24(29)22-23(17-8-11-19-20(13-17)33-14-32-19)28(26(31)25(22)30)21-5-3-4-12-27-21/h3-13,15,23,29H,14H2,1-2H3/t23-/m1/s1. The third-order valence-corrected chi connectivity index (χ3v) is 5.55. The number of carbonyl (C=O) groups excluding carboxylic acids is 2. The minimum absolute atomic E-state index is 0.00542. The molecule has 1 fully saturated rings. The van der Waals surface area contributed by atoms with Gasteiger partial charge in [0.25, 0.3) is 5.78 Å². The normalized spacial score (nSPS) is 18.6. The Morgan fingerprint density at radius 2 is 1.82 bits per heavy atom. The molecule has 0 saturated carbocycles. The van der Waals surface area contributed by atoms with Gasteiger partial charge in [0.2, 0.25) is 6.79 Å². The number of aliphatic hydroxyl groups excluding tert-OH is 1. The van der Waals surface area contributed by atoms with E-state index in [0.29, 0.717) is 34.2 Å². The molecule has 0 aliphatic carbocycles. The van der Waals surface area contributed by atoms with Gasteiger partial charge in [-0.3, -0.25) is 14.5 Å². The molecule has 0 bridgehead atoms. The van der Waals surface area contributed by atoms with Crippen LogP contribution in [0.2, 0.25) is 0 Å². The van der Waals surface area contributed by atoms with Gasteiger partial charge in [-0.15, -0.1) is 0 Å². The average Bonchev–Trinajstić information content (AvgIpc) is 3.41. The van der Waals surface area contributed by atoms with Crippen molar-refractivity contribution >= 4 is 23.3 Å². The van der Waals surface area contributed by atoms with E-state index < -0.39 is 17.7 Å². The van der Waals surface area contributed by atoms with Crippen LogP contribution in [-0.4, -0.2) is 34.7 Å². The van der Waals surface area contributed by atoms with E-state index in [1.54, 1.807) is 66.9 Å². The molecular weight excluding hydrogens is 436 g/mol. The van der Waals surface area contributed by atoms with Crippen LogP contribution in [0.15, 0.2) is 72.4 Å². The van der Waals surface area contributed by atoms with Gasteiger partial charge in [-0.1, -0.05) is 12.1 Å². The van der Waals surface area contributed by atoms with E-state index in [1.165, 1.54) is 4.90 Å². The Hall–Kier alpha value is -4.33. The maximum Gasteiger partial charge on any atom is 0.301 e. The molecule has 0 spiro atoms. The van der Waals surface area contributed by atoms with Gasteiger partial charge in [-0.05, 0) is 67.9 Å². The van der Waals surface area contributed by atoms with Gasteiger partial charge in [0, 0.05) is 11.8 Å². The molecule has 0 radical (unpaired) electrons. The summed E-state index contributed by atoms with van der Waals surface area (Å²) in [5, 5.41) is 11.2. The van der Waals surface area contributed by atoms with Crippen LogP contribution < -0.4 is 19.1 Å². The van der Waals surface area contributed by atoms with Gasteiger partial charge in [0.15, 0.2) is 11.5 Å². The number of aromatic nitrogens is 1. The number of amides is 1. The molecule has 3 aromatic rings. The molecule has 1 amide bonds. The number of hydrogen-bond donors (Lipinski definition) is 1. The van der Waals surface area contributed by atoms with Gasteiger partial charge in [0.05, 0.1) is 17.7 Å². The maximum absolute atomic E-state index is 13.2. The first-order valence-electron chi connectivity index (χ1n) is 10.8. The van der Waals surface area contributed by atoms with Crippen molar-refractivity contribution in [3.8, 4) is 17.2 Å². The van der Waals surface area contributed by atoms with E-state index in [2.05, 4.69) is 4.98 Å². The van der Waals surface area contributed by atoms with E-state index in [1.807, 2.05) is 13.8 Å². The lowest BCUT2D eigenvalue weighted by molar-refractivity contribution is -0.132. The van der Waals surface area contributed by atoms with Crippen LogP contribution in [0.25, 0.3) is 5.76 Å². The quantitative estimate of drug-likeness (QED) is 0.347. The van der Waals surface area contributed by atoms with Crippen molar-refractivity contribution in [1.29, 1.82) is 0 Å². The molecule has 1 atom stereocenters.